The summed E-state index contributed by atoms with van der Waals surface area (Å²) in [5.74, 6) is 0.994. The Morgan fingerprint density at radius 1 is 1.27 bits per heavy atom. The molecule has 0 aliphatic carbocycles. The van der Waals surface area contributed by atoms with E-state index in [0.29, 0.717) is 0 Å². The van der Waals surface area contributed by atoms with E-state index in [9.17, 15) is 0 Å². The molecule has 1 N–H and O–H groups in total. The van der Waals surface area contributed by atoms with Crippen molar-refractivity contribution >= 4 is 5.82 Å². The molecule has 1 aromatic heterocycles. The zero-order valence-corrected chi connectivity index (χ0v) is 9.11. The topological polar surface area (TPSA) is 49.3 Å². The van der Waals surface area contributed by atoms with E-state index in [2.05, 4.69) is 14.9 Å². The molecule has 0 saturated carbocycles. The number of piperidine rings is 1. The molecule has 0 spiro atoms. The summed E-state index contributed by atoms with van der Waals surface area (Å²) in [6, 6.07) is 0. The van der Waals surface area contributed by atoms with Gasteiger partial charge in [0, 0.05) is 18.7 Å². The Labute approximate surface area is 90.0 Å². The van der Waals surface area contributed by atoms with E-state index in [-0.39, 0.29) is 6.61 Å². The highest BCUT2D eigenvalue weighted by Gasteiger charge is 2.15. The fourth-order valence-electron chi connectivity index (χ4n) is 2.06. The minimum Gasteiger partial charge on any atom is -0.390 e. The smallest absolute Gasteiger partial charge is 0.135 e. The molecule has 0 atom stereocenters. The Balaban J connectivity index is 2.26. The molecule has 0 radical (unpaired) electrons. The van der Waals surface area contributed by atoms with Crippen LogP contribution in [0.3, 0.4) is 0 Å². The normalized spacial score (nSPS) is 16.8. The third kappa shape index (κ3) is 2.09. The van der Waals surface area contributed by atoms with Crippen molar-refractivity contribution in [2.75, 3.05) is 18.0 Å². The van der Waals surface area contributed by atoms with Crippen LogP contribution in [0.1, 0.15) is 30.5 Å². The second kappa shape index (κ2) is 4.57. The van der Waals surface area contributed by atoms with Crippen molar-refractivity contribution in [2.45, 2.75) is 32.8 Å². The predicted molar refractivity (Wildman–Crippen MR) is 58.8 cm³/mol. The molecule has 4 nitrogen and oxygen atoms in total. The summed E-state index contributed by atoms with van der Waals surface area (Å²) in [4.78, 5) is 10.7. The Kier molecular flexibility index (Phi) is 3.16. The number of hydrogen-bond donors (Lipinski definition) is 1. The van der Waals surface area contributed by atoms with Crippen molar-refractivity contribution in [1.82, 2.24) is 9.97 Å². The Bertz CT molecular complexity index is 335. The lowest BCUT2D eigenvalue weighted by atomic mass is 10.1. The van der Waals surface area contributed by atoms with Crippen LogP contribution >= 0.6 is 0 Å². The number of aromatic nitrogens is 2. The number of rotatable bonds is 2. The van der Waals surface area contributed by atoms with E-state index in [0.717, 1.165) is 30.2 Å². The first-order valence-electron chi connectivity index (χ1n) is 5.49. The van der Waals surface area contributed by atoms with Crippen LogP contribution in [0.2, 0.25) is 0 Å². The Morgan fingerprint density at radius 2 is 2.00 bits per heavy atom. The van der Waals surface area contributed by atoms with Gasteiger partial charge in [-0.05, 0) is 26.2 Å². The molecule has 1 fully saturated rings. The molecule has 1 saturated heterocycles. The second-order valence-electron chi connectivity index (χ2n) is 3.97. The van der Waals surface area contributed by atoms with Crippen molar-refractivity contribution < 1.29 is 5.11 Å². The Morgan fingerprint density at radius 3 is 2.67 bits per heavy atom. The van der Waals surface area contributed by atoms with Crippen LogP contribution in [-0.4, -0.2) is 28.2 Å². The minimum atomic E-state index is -0.00477. The molecule has 1 aliphatic rings. The fourth-order valence-corrected chi connectivity index (χ4v) is 2.06. The van der Waals surface area contributed by atoms with Gasteiger partial charge >= 0.3 is 0 Å². The standard InChI is InChI=1S/C11H17N3O/c1-9-10(7-15)12-8-13-11(9)14-5-3-2-4-6-14/h8,15H,2-7H2,1H3. The maximum absolute atomic E-state index is 9.13. The van der Waals surface area contributed by atoms with E-state index in [1.165, 1.54) is 19.3 Å². The van der Waals surface area contributed by atoms with Crippen molar-refractivity contribution in [3.63, 3.8) is 0 Å². The second-order valence-corrected chi connectivity index (χ2v) is 3.97. The van der Waals surface area contributed by atoms with E-state index >= 15 is 0 Å². The molecule has 2 heterocycles. The average Bonchev–Trinajstić information content (AvgIpc) is 2.30. The van der Waals surface area contributed by atoms with Crippen LogP contribution in [0.25, 0.3) is 0 Å². The number of aliphatic hydroxyl groups is 1. The SMILES string of the molecule is Cc1c(CO)ncnc1N1CCCCC1. The van der Waals surface area contributed by atoms with Crippen molar-refractivity contribution in [2.24, 2.45) is 0 Å². The summed E-state index contributed by atoms with van der Waals surface area (Å²) < 4.78 is 0. The van der Waals surface area contributed by atoms with Crippen molar-refractivity contribution in [3.8, 4) is 0 Å². The first-order chi connectivity index (χ1) is 7.33. The molecule has 0 bridgehead atoms. The molecular weight excluding hydrogens is 190 g/mol. The van der Waals surface area contributed by atoms with Crippen LogP contribution < -0.4 is 4.90 Å². The highest BCUT2D eigenvalue weighted by Crippen LogP contribution is 2.22. The molecule has 1 aliphatic heterocycles. The first-order valence-corrected chi connectivity index (χ1v) is 5.49. The maximum Gasteiger partial charge on any atom is 0.135 e. The minimum absolute atomic E-state index is 0.00477. The molecule has 15 heavy (non-hydrogen) atoms. The summed E-state index contributed by atoms with van der Waals surface area (Å²) in [5.41, 5.74) is 1.76. The lowest BCUT2D eigenvalue weighted by Gasteiger charge is -2.29. The zero-order valence-electron chi connectivity index (χ0n) is 9.11. The molecule has 1 aromatic rings. The van der Waals surface area contributed by atoms with Crippen molar-refractivity contribution in [1.29, 1.82) is 0 Å². The molecule has 0 amide bonds. The van der Waals surface area contributed by atoms with Crippen LogP contribution in [0.15, 0.2) is 6.33 Å². The fraction of sp³-hybridized carbons (Fsp3) is 0.636. The summed E-state index contributed by atoms with van der Waals surface area (Å²) in [5, 5.41) is 9.13. The van der Waals surface area contributed by atoms with Gasteiger partial charge in [-0.1, -0.05) is 0 Å². The molecular formula is C11H17N3O. The van der Waals surface area contributed by atoms with Crippen LogP contribution in [-0.2, 0) is 6.61 Å². The van der Waals surface area contributed by atoms with E-state index in [1.807, 2.05) is 6.92 Å². The van der Waals surface area contributed by atoms with Gasteiger partial charge in [0.1, 0.15) is 12.1 Å². The Hall–Kier alpha value is -1.16. The number of hydrogen-bond acceptors (Lipinski definition) is 4. The van der Waals surface area contributed by atoms with E-state index in [1.54, 1.807) is 6.33 Å². The molecule has 0 aromatic carbocycles. The summed E-state index contributed by atoms with van der Waals surface area (Å²) in [6.07, 6.45) is 5.33. The number of nitrogens with zero attached hydrogens (tertiary/aromatic N) is 3. The monoisotopic (exact) mass is 207 g/mol. The van der Waals surface area contributed by atoms with Crippen molar-refractivity contribution in [3.05, 3.63) is 17.6 Å². The largest absolute Gasteiger partial charge is 0.390 e. The lowest BCUT2D eigenvalue weighted by Crippen LogP contribution is -2.31. The highest BCUT2D eigenvalue weighted by atomic mass is 16.3. The molecule has 82 valence electrons. The van der Waals surface area contributed by atoms with Gasteiger partial charge in [0.15, 0.2) is 0 Å². The predicted octanol–water partition coefficient (Wildman–Crippen LogP) is 1.27. The first kappa shape index (κ1) is 10.4. The van der Waals surface area contributed by atoms with Gasteiger partial charge in [0.2, 0.25) is 0 Å². The highest BCUT2D eigenvalue weighted by molar-refractivity contribution is 5.47. The number of anilines is 1. The van der Waals surface area contributed by atoms with Crippen LogP contribution in [0.4, 0.5) is 5.82 Å². The maximum atomic E-state index is 9.13. The van der Waals surface area contributed by atoms with Crippen LogP contribution in [0.5, 0.6) is 0 Å². The third-order valence-corrected chi connectivity index (χ3v) is 2.97. The van der Waals surface area contributed by atoms with Gasteiger partial charge in [-0.25, -0.2) is 9.97 Å². The van der Waals surface area contributed by atoms with E-state index < -0.39 is 0 Å². The van der Waals surface area contributed by atoms with Gasteiger partial charge in [-0.2, -0.15) is 0 Å². The van der Waals surface area contributed by atoms with Gasteiger partial charge < -0.3 is 10.0 Å². The van der Waals surface area contributed by atoms with Gasteiger partial charge in [0.05, 0.1) is 12.3 Å². The van der Waals surface area contributed by atoms with Gasteiger partial charge in [0.25, 0.3) is 0 Å². The van der Waals surface area contributed by atoms with Crippen LogP contribution in [0, 0.1) is 6.92 Å². The zero-order chi connectivity index (χ0) is 10.7. The average molecular weight is 207 g/mol. The summed E-state index contributed by atoms with van der Waals surface area (Å²) in [7, 11) is 0. The van der Waals surface area contributed by atoms with E-state index in [4.69, 9.17) is 5.11 Å². The molecule has 2 rings (SSSR count). The number of aliphatic hydroxyl groups excluding tert-OH is 1. The molecule has 0 unspecified atom stereocenters. The molecule has 4 heteroatoms. The lowest BCUT2D eigenvalue weighted by molar-refractivity contribution is 0.275. The summed E-state index contributed by atoms with van der Waals surface area (Å²) >= 11 is 0. The summed E-state index contributed by atoms with van der Waals surface area (Å²) in [6.45, 7) is 4.12. The van der Waals surface area contributed by atoms with Gasteiger partial charge in [-0.15, -0.1) is 0 Å². The van der Waals surface area contributed by atoms with Gasteiger partial charge in [-0.3, -0.25) is 0 Å². The third-order valence-electron chi connectivity index (χ3n) is 2.97. The quantitative estimate of drug-likeness (QED) is 0.793.